The van der Waals surface area contributed by atoms with Gasteiger partial charge in [-0.3, -0.25) is 0 Å². The molecule has 0 aliphatic carbocycles. The van der Waals surface area contributed by atoms with Crippen LogP contribution in [0.5, 0.6) is 5.75 Å². The summed E-state index contributed by atoms with van der Waals surface area (Å²) in [5.74, 6) is 1.38. The van der Waals surface area contributed by atoms with Crippen molar-refractivity contribution < 1.29 is 13.6 Å². The van der Waals surface area contributed by atoms with Crippen molar-refractivity contribution in [2.24, 2.45) is 4.99 Å². The van der Waals surface area contributed by atoms with E-state index in [2.05, 4.69) is 11.1 Å². The minimum Gasteiger partial charge on any atom is -0.497 e. The first-order valence-electron chi connectivity index (χ1n) is 7.01. The van der Waals surface area contributed by atoms with E-state index in [0.717, 1.165) is 16.7 Å². The molecule has 5 nitrogen and oxygen atoms in total. The molecular formula is C18H14N2O3. The van der Waals surface area contributed by atoms with E-state index in [4.69, 9.17) is 18.8 Å². The van der Waals surface area contributed by atoms with Crippen LogP contribution in [0.2, 0.25) is 0 Å². The molecular weight excluding hydrogens is 292 g/mol. The van der Waals surface area contributed by atoms with Crippen molar-refractivity contribution >= 4 is 16.7 Å². The van der Waals surface area contributed by atoms with Gasteiger partial charge in [0.1, 0.15) is 17.0 Å². The first-order valence-corrected chi connectivity index (χ1v) is 7.01. The fraction of sp³-hybridized carbons (Fsp3) is 0.111. The monoisotopic (exact) mass is 306 g/mol. The van der Waals surface area contributed by atoms with Gasteiger partial charge in [-0.15, -0.1) is 0 Å². The summed E-state index contributed by atoms with van der Waals surface area (Å²) in [6.07, 6.45) is 3.26. The third-order valence-electron chi connectivity index (χ3n) is 3.32. The van der Waals surface area contributed by atoms with Crippen LogP contribution in [0.4, 0.5) is 0 Å². The number of ether oxygens (including phenoxy) is 1. The van der Waals surface area contributed by atoms with Gasteiger partial charge in [-0.25, -0.2) is 4.99 Å². The van der Waals surface area contributed by atoms with E-state index >= 15 is 0 Å². The molecule has 0 atom stereocenters. The molecule has 0 fully saturated rings. The topological polar surface area (TPSA) is 71.7 Å². The lowest BCUT2D eigenvalue weighted by Gasteiger charge is -1.96. The number of rotatable bonds is 3. The lowest BCUT2D eigenvalue weighted by atomic mass is 10.2. The van der Waals surface area contributed by atoms with Crippen molar-refractivity contribution in [3.63, 3.8) is 0 Å². The Labute approximate surface area is 132 Å². The predicted octanol–water partition coefficient (Wildman–Crippen LogP) is 3.87. The Kier molecular flexibility index (Phi) is 3.98. The maximum Gasteiger partial charge on any atom is 0.220 e. The van der Waals surface area contributed by atoms with Crippen LogP contribution in [0.1, 0.15) is 18.2 Å². The van der Waals surface area contributed by atoms with Crippen LogP contribution in [0.15, 0.2) is 62.6 Å². The van der Waals surface area contributed by atoms with Crippen LogP contribution in [0.3, 0.4) is 0 Å². The molecule has 0 aliphatic rings. The highest BCUT2D eigenvalue weighted by molar-refractivity contribution is 5.83. The predicted molar refractivity (Wildman–Crippen MR) is 85.4 cm³/mol. The Hall–Kier alpha value is -3.26. The molecule has 0 radical (unpaired) electrons. The normalized spacial score (nSPS) is 12.4. The Morgan fingerprint density at radius 2 is 2.13 bits per heavy atom. The molecule has 0 aliphatic heterocycles. The maximum absolute atomic E-state index is 8.94. The number of hydrogen-bond acceptors (Lipinski definition) is 5. The molecule has 5 heteroatoms. The van der Waals surface area contributed by atoms with Crippen molar-refractivity contribution in [3.05, 3.63) is 65.6 Å². The molecule has 2 aromatic heterocycles. The minimum atomic E-state index is 0.343. The molecule has 0 bridgehead atoms. The summed E-state index contributed by atoms with van der Waals surface area (Å²) >= 11 is 0. The SMILES string of the molecule is C/C=C(\N=c1\cc(C#N)cco1)c1cc2cc(OC)ccc2o1. The molecule has 3 rings (SSSR count). The Morgan fingerprint density at radius 1 is 1.26 bits per heavy atom. The molecule has 23 heavy (non-hydrogen) atoms. The molecule has 2 heterocycles. The lowest BCUT2D eigenvalue weighted by molar-refractivity contribution is 0.415. The van der Waals surface area contributed by atoms with E-state index in [0.29, 0.717) is 22.6 Å². The van der Waals surface area contributed by atoms with E-state index in [-0.39, 0.29) is 0 Å². The number of nitriles is 1. The van der Waals surface area contributed by atoms with Crippen molar-refractivity contribution in [1.82, 2.24) is 0 Å². The number of fused-ring (bicyclic) bond motifs is 1. The van der Waals surface area contributed by atoms with Crippen LogP contribution >= 0.6 is 0 Å². The van der Waals surface area contributed by atoms with Gasteiger partial charge in [-0.1, -0.05) is 6.08 Å². The van der Waals surface area contributed by atoms with Crippen LogP contribution in [-0.4, -0.2) is 7.11 Å². The average molecular weight is 306 g/mol. The van der Waals surface area contributed by atoms with Gasteiger partial charge in [-0.2, -0.15) is 5.26 Å². The molecule has 0 N–H and O–H groups in total. The first kappa shape index (κ1) is 14.7. The average Bonchev–Trinajstić information content (AvgIpc) is 3.02. The molecule has 1 aromatic carbocycles. The van der Waals surface area contributed by atoms with Crippen LogP contribution in [0, 0.1) is 11.3 Å². The lowest BCUT2D eigenvalue weighted by Crippen LogP contribution is -2.00. The number of hydrogen-bond donors (Lipinski definition) is 0. The van der Waals surface area contributed by atoms with Crippen LogP contribution < -0.4 is 10.3 Å². The van der Waals surface area contributed by atoms with E-state index in [1.54, 1.807) is 19.2 Å². The largest absolute Gasteiger partial charge is 0.497 e. The summed E-state index contributed by atoms with van der Waals surface area (Å²) in [6, 6.07) is 12.7. The zero-order valence-electron chi connectivity index (χ0n) is 12.7. The minimum absolute atomic E-state index is 0.343. The smallest absolute Gasteiger partial charge is 0.220 e. The molecule has 0 saturated heterocycles. The van der Waals surface area contributed by atoms with Crippen LogP contribution in [0.25, 0.3) is 16.7 Å². The molecule has 0 amide bonds. The molecule has 0 saturated carbocycles. The standard InChI is InChI=1S/C18H14N2O3/c1-3-15(20-18-8-12(11-19)6-7-22-18)17-10-13-9-14(21-2)4-5-16(13)23-17/h3-10H,1-2H3/b15-3-,20-18-. The summed E-state index contributed by atoms with van der Waals surface area (Å²) < 4.78 is 16.4. The van der Waals surface area contributed by atoms with Crippen molar-refractivity contribution in [1.29, 1.82) is 5.26 Å². The van der Waals surface area contributed by atoms with E-state index in [9.17, 15) is 0 Å². The zero-order chi connectivity index (χ0) is 16.2. The van der Waals surface area contributed by atoms with Gasteiger partial charge < -0.3 is 13.6 Å². The highest BCUT2D eigenvalue weighted by atomic mass is 16.5. The first-order chi connectivity index (χ1) is 11.2. The maximum atomic E-state index is 8.94. The number of methoxy groups -OCH3 is 1. The van der Waals surface area contributed by atoms with Gasteiger partial charge in [0.25, 0.3) is 0 Å². The van der Waals surface area contributed by atoms with Gasteiger partial charge in [-0.05, 0) is 37.3 Å². The fourth-order valence-corrected chi connectivity index (χ4v) is 2.18. The number of allylic oxidation sites excluding steroid dienone is 1. The van der Waals surface area contributed by atoms with Gasteiger partial charge >= 0.3 is 0 Å². The third kappa shape index (κ3) is 3.01. The van der Waals surface area contributed by atoms with Gasteiger partial charge in [0.15, 0.2) is 5.76 Å². The highest BCUT2D eigenvalue weighted by Crippen LogP contribution is 2.28. The molecule has 114 valence electrons. The molecule has 3 aromatic rings. The van der Waals surface area contributed by atoms with Crippen molar-refractivity contribution in [2.75, 3.05) is 7.11 Å². The fourth-order valence-electron chi connectivity index (χ4n) is 2.18. The van der Waals surface area contributed by atoms with E-state index < -0.39 is 0 Å². The van der Waals surface area contributed by atoms with E-state index in [1.807, 2.05) is 37.3 Å². The van der Waals surface area contributed by atoms with Crippen LogP contribution in [-0.2, 0) is 0 Å². The van der Waals surface area contributed by atoms with Crippen molar-refractivity contribution in [3.8, 4) is 11.8 Å². The summed E-state index contributed by atoms with van der Waals surface area (Å²) in [4.78, 5) is 4.41. The summed E-state index contributed by atoms with van der Waals surface area (Å²) in [6.45, 7) is 1.86. The van der Waals surface area contributed by atoms with Crippen molar-refractivity contribution in [2.45, 2.75) is 6.92 Å². The van der Waals surface area contributed by atoms with Gasteiger partial charge in [0.05, 0.1) is 25.0 Å². The Bertz CT molecular complexity index is 987. The summed E-state index contributed by atoms with van der Waals surface area (Å²) in [5.41, 5.74) is 2.20. The highest BCUT2D eigenvalue weighted by Gasteiger charge is 2.09. The van der Waals surface area contributed by atoms with Gasteiger partial charge in [0.2, 0.25) is 5.55 Å². The second-order valence-corrected chi connectivity index (χ2v) is 4.77. The number of nitrogens with zero attached hydrogens (tertiary/aromatic N) is 2. The Morgan fingerprint density at radius 3 is 2.87 bits per heavy atom. The number of benzene rings is 1. The third-order valence-corrected chi connectivity index (χ3v) is 3.32. The summed E-state index contributed by atoms with van der Waals surface area (Å²) in [5, 5.41) is 9.86. The second kappa shape index (κ2) is 6.24. The Balaban J connectivity index is 2.06. The molecule has 0 spiro atoms. The second-order valence-electron chi connectivity index (χ2n) is 4.77. The molecule has 0 unspecified atom stereocenters. The summed E-state index contributed by atoms with van der Waals surface area (Å²) in [7, 11) is 1.62. The van der Waals surface area contributed by atoms with E-state index in [1.165, 1.54) is 6.26 Å². The van der Waals surface area contributed by atoms with Gasteiger partial charge in [0, 0.05) is 11.5 Å². The number of furan rings is 1. The zero-order valence-corrected chi connectivity index (χ0v) is 12.7. The quantitative estimate of drug-likeness (QED) is 0.736.